The highest BCUT2D eigenvalue weighted by Gasteiger charge is 2.60. The van der Waals surface area contributed by atoms with Gasteiger partial charge in [0.05, 0.1) is 28.4 Å². The van der Waals surface area contributed by atoms with Gasteiger partial charge in [0.2, 0.25) is 6.41 Å². The monoisotopic (exact) mass is 613 g/mol. The Balaban J connectivity index is 1.97. The highest BCUT2D eigenvalue weighted by molar-refractivity contribution is 6.31. The molecule has 0 saturated carbocycles. The molecule has 1 aliphatic rings. The van der Waals surface area contributed by atoms with E-state index in [0.29, 0.717) is 0 Å². The molecular formula is C31H27Cl2F2N3O4. The van der Waals surface area contributed by atoms with Crippen LogP contribution in [0, 0.1) is 28.4 Å². The molecule has 2 unspecified atom stereocenters. The Morgan fingerprint density at radius 2 is 1.81 bits per heavy atom. The first-order valence-corrected chi connectivity index (χ1v) is 13.7. The fourth-order valence-electron chi connectivity index (χ4n) is 5.67. The molecule has 3 aromatic carbocycles. The van der Waals surface area contributed by atoms with Gasteiger partial charge < -0.3 is 10.0 Å². The van der Waals surface area contributed by atoms with Crippen molar-refractivity contribution in [2.75, 3.05) is 11.4 Å². The molecule has 1 N–H and O–H groups in total. The molecule has 4 rings (SSSR count). The number of hydrogen-bond acceptors (Lipinski definition) is 4. The summed E-state index contributed by atoms with van der Waals surface area (Å²) in [6.45, 7) is 5.38. The number of carbonyl (C=O) groups is 3. The van der Waals surface area contributed by atoms with Gasteiger partial charge in [-0.3, -0.25) is 4.79 Å². The third-order valence-corrected chi connectivity index (χ3v) is 8.03. The van der Waals surface area contributed by atoms with E-state index in [0.717, 1.165) is 11.0 Å². The summed E-state index contributed by atoms with van der Waals surface area (Å²) in [5, 5.41) is 20.1. The summed E-state index contributed by atoms with van der Waals surface area (Å²) in [6.07, 6.45) is 0.439. The van der Waals surface area contributed by atoms with Gasteiger partial charge in [0.25, 0.3) is 0 Å². The smallest absolute Gasteiger partial charge is 0.335 e. The summed E-state index contributed by atoms with van der Waals surface area (Å²) in [6, 6.07) is 13.6. The predicted octanol–water partition coefficient (Wildman–Crippen LogP) is 7.42. The van der Waals surface area contributed by atoms with Crippen LogP contribution in [0.1, 0.15) is 54.6 Å². The van der Waals surface area contributed by atoms with Crippen LogP contribution < -0.4 is 4.90 Å². The zero-order valence-electron chi connectivity index (χ0n) is 22.9. The minimum atomic E-state index is -1.83. The number of amides is 3. The molecule has 0 spiro atoms. The Morgan fingerprint density at radius 3 is 2.36 bits per heavy atom. The number of benzene rings is 3. The Morgan fingerprint density at radius 1 is 1.14 bits per heavy atom. The van der Waals surface area contributed by atoms with E-state index in [-0.39, 0.29) is 51.8 Å². The molecule has 0 aliphatic carbocycles. The van der Waals surface area contributed by atoms with Gasteiger partial charge in [-0.25, -0.2) is 23.3 Å². The molecule has 42 heavy (non-hydrogen) atoms. The first kappa shape index (κ1) is 30.9. The Bertz CT molecular complexity index is 1590. The maximum Gasteiger partial charge on any atom is 0.335 e. The second-order valence-electron chi connectivity index (χ2n) is 11.3. The van der Waals surface area contributed by atoms with Crippen LogP contribution in [0.5, 0.6) is 0 Å². The third-order valence-electron chi connectivity index (χ3n) is 7.50. The molecule has 3 aromatic rings. The van der Waals surface area contributed by atoms with Crippen LogP contribution in [0.15, 0.2) is 60.7 Å². The predicted molar refractivity (Wildman–Crippen MR) is 155 cm³/mol. The van der Waals surface area contributed by atoms with Gasteiger partial charge in [-0.05, 0) is 59.9 Å². The van der Waals surface area contributed by atoms with Crippen molar-refractivity contribution in [1.29, 1.82) is 5.26 Å². The molecule has 218 valence electrons. The first-order chi connectivity index (χ1) is 19.7. The molecule has 0 radical (unpaired) electrons. The zero-order valence-corrected chi connectivity index (χ0v) is 24.5. The topological polar surface area (TPSA) is 102 Å². The van der Waals surface area contributed by atoms with E-state index < -0.39 is 46.4 Å². The Hall–Kier alpha value is -4.00. The average Bonchev–Trinajstić information content (AvgIpc) is 3.23. The Kier molecular flexibility index (Phi) is 8.63. The second kappa shape index (κ2) is 11.7. The summed E-state index contributed by atoms with van der Waals surface area (Å²) in [5.41, 5.74) is -2.40. The molecule has 3 atom stereocenters. The number of imide groups is 1. The average molecular weight is 614 g/mol. The number of nitriles is 1. The van der Waals surface area contributed by atoms with Gasteiger partial charge in [0.1, 0.15) is 17.0 Å². The van der Waals surface area contributed by atoms with Gasteiger partial charge in [-0.1, -0.05) is 62.2 Å². The second-order valence-corrected chi connectivity index (χ2v) is 12.2. The fourth-order valence-corrected chi connectivity index (χ4v) is 6.01. The van der Waals surface area contributed by atoms with E-state index >= 15 is 8.78 Å². The van der Waals surface area contributed by atoms with Crippen LogP contribution in [0.3, 0.4) is 0 Å². The minimum absolute atomic E-state index is 0.0103. The van der Waals surface area contributed by atoms with Crippen LogP contribution in [0.2, 0.25) is 10.0 Å². The summed E-state index contributed by atoms with van der Waals surface area (Å²) in [7, 11) is 0. The van der Waals surface area contributed by atoms with E-state index in [1.807, 2.05) is 20.8 Å². The molecule has 1 heterocycles. The molecule has 1 aliphatic heterocycles. The molecule has 0 bridgehead atoms. The van der Waals surface area contributed by atoms with E-state index in [4.69, 9.17) is 23.2 Å². The maximum atomic E-state index is 15.8. The van der Waals surface area contributed by atoms with E-state index in [2.05, 4.69) is 6.07 Å². The molecule has 7 nitrogen and oxygen atoms in total. The summed E-state index contributed by atoms with van der Waals surface area (Å²) in [5.74, 6) is -3.90. The highest BCUT2D eigenvalue weighted by atomic mass is 35.5. The van der Waals surface area contributed by atoms with Crippen LogP contribution >= 0.6 is 23.2 Å². The lowest BCUT2D eigenvalue weighted by Gasteiger charge is -2.40. The molecular weight excluding hydrogens is 587 g/mol. The Labute approximate surface area is 251 Å². The normalized spacial score (nSPS) is 20.2. The summed E-state index contributed by atoms with van der Waals surface area (Å²) < 4.78 is 31.4. The van der Waals surface area contributed by atoms with Crippen molar-refractivity contribution in [2.24, 2.45) is 5.41 Å². The van der Waals surface area contributed by atoms with Gasteiger partial charge in [0.15, 0.2) is 0 Å². The quantitative estimate of drug-likeness (QED) is 0.291. The number of aromatic carboxylic acids is 1. The molecule has 1 saturated heterocycles. The highest BCUT2D eigenvalue weighted by Crippen LogP contribution is 2.54. The number of carboxylic acid groups (broad SMARTS) is 1. The van der Waals surface area contributed by atoms with Crippen molar-refractivity contribution in [1.82, 2.24) is 4.90 Å². The van der Waals surface area contributed by atoms with Gasteiger partial charge in [-0.15, -0.1) is 0 Å². The standard InChI is InChI=1S/C31H27Cl2F2N3O4/c1-30(2,3)14-26-31(16-36,22-12-9-19(32)13-25(22)34)23(21-5-4-6-24(33)27(21)35)15-37(26)29(42)38(17-39)20-10-7-18(8-11-20)28(40)41/h4-13,17,23,26H,14-15H2,1-3H3,(H,40,41)/t23?,26?,31-/m1/s1. The fraction of sp³-hybridized carbons (Fsp3) is 0.290. The lowest BCUT2D eigenvalue weighted by Crippen LogP contribution is -2.51. The number of anilines is 1. The number of likely N-dealkylation sites (tertiary alicyclic amines) is 1. The number of halogens is 4. The van der Waals surface area contributed by atoms with Crippen molar-refractivity contribution in [3.8, 4) is 6.07 Å². The number of urea groups is 1. The molecule has 1 fully saturated rings. The van der Waals surface area contributed by atoms with Crippen LogP contribution in [0.25, 0.3) is 0 Å². The van der Waals surface area contributed by atoms with Crippen molar-refractivity contribution >= 4 is 47.3 Å². The largest absolute Gasteiger partial charge is 0.478 e. The van der Waals surface area contributed by atoms with Crippen molar-refractivity contribution in [3.63, 3.8) is 0 Å². The minimum Gasteiger partial charge on any atom is -0.478 e. The molecule has 3 amide bonds. The van der Waals surface area contributed by atoms with E-state index in [1.165, 1.54) is 59.5 Å². The van der Waals surface area contributed by atoms with Gasteiger partial charge in [-0.2, -0.15) is 5.26 Å². The SMILES string of the molecule is CC(C)(C)CC1N(C(=O)N(C=O)c2ccc(C(=O)O)cc2)CC(c2cccc(Cl)c2F)[C@@]1(C#N)c1ccc(Cl)cc1F. The molecule has 11 heteroatoms. The van der Waals surface area contributed by atoms with Crippen LogP contribution in [0.4, 0.5) is 19.3 Å². The number of nitrogens with zero attached hydrogens (tertiary/aromatic N) is 3. The zero-order chi connectivity index (χ0) is 31.0. The van der Waals surface area contributed by atoms with Crippen LogP contribution in [-0.4, -0.2) is 41.0 Å². The summed E-state index contributed by atoms with van der Waals surface area (Å²) in [4.78, 5) is 39.8. The lowest BCUT2D eigenvalue weighted by atomic mass is 9.64. The van der Waals surface area contributed by atoms with Gasteiger partial charge >= 0.3 is 12.0 Å². The van der Waals surface area contributed by atoms with Crippen molar-refractivity contribution in [3.05, 3.63) is 99.0 Å². The number of carboxylic acids is 1. The number of rotatable bonds is 6. The summed E-state index contributed by atoms with van der Waals surface area (Å²) >= 11 is 12.2. The van der Waals surface area contributed by atoms with E-state index in [9.17, 15) is 24.8 Å². The van der Waals surface area contributed by atoms with Crippen LogP contribution in [-0.2, 0) is 10.2 Å². The third kappa shape index (κ3) is 5.57. The van der Waals surface area contributed by atoms with Crippen molar-refractivity contribution < 1.29 is 28.3 Å². The van der Waals surface area contributed by atoms with Crippen molar-refractivity contribution in [2.45, 2.75) is 44.6 Å². The molecule has 0 aromatic heterocycles. The van der Waals surface area contributed by atoms with Gasteiger partial charge in [0, 0.05) is 23.0 Å². The first-order valence-electron chi connectivity index (χ1n) is 12.9. The number of hydrogen-bond donors (Lipinski definition) is 1. The lowest BCUT2D eigenvalue weighted by molar-refractivity contribution is -0.107. The van der Waals surface area contributed by atoms with E-state index in [1.54, 1.807) is 0 Å². The number of carbonyl (C=O) groups excluding carboxylic acids is 2. The maximum absolute atomic E-state index is 15.8.